The number of rotatable bonds is 4. The molecule has 4 aromatic rings. The highest BCUT2D eigenvalue weighted by Gasteiger charge is 2.16. The van der Waals surface area contributed by atoms with Crippen molar-refractivity contribution in [1.29, 1.82) is 0 Å². The van der Waals surface area contributed by atoms with Crippen LogP contribution in [-0.4, -0.2) is 34.7 Å². The van der Waals surface area contributed by atoms with Gasteiger partial charge in [0.15, 0.2) is 0 Å². The van der Waals surface area contributed by atoms with Crippen LogP contribution in [0.2, 0.25) is 0 Å². The number of aromatic nitrogens is 4. The average Bonchev–Trinajstić information content (AvgIpc) is 3.03. The highest BCUT2D eigenvalue weighted by atomic mass is 16.5. The number of fused-ring (bicyclic) bond motifs is 1. The highest BCUT2D eigenvalue weighted by Crippen LogP contribution is 2.31. The number of nitrogens with two attached hydrogens (primary N) is 1. The molecular weight excluding hydrogens is 312 g/mol. The summed E-state index contributed by atoms with van der Waals surface area (Å²) in [5, 5.41) is 5.13. The smallest absolute Gasteiger partial charge is 0.221 e. The van der Waals surface area contributed by atoms with Gasteiger partial charge >= 0.3 is 0 Å². The van der Waals surface area contributed by atoms with Crippen LogP contribution in [0.1, 0.15) is 0 Å². The van der Waals surface area contributed by atoms with E-state index in [0.29, 0.717) is 22.5 Å². The molecule has 0 spiro atoms. The van der Waals surface area contributed by atoms with Gasteiger partial charge in [-0.15, -0.1) is 0 Å². The van der Waals surface area contributed by atoms with Gasteiger partial charge in [-0.3, -0.25) is 0 Å². The number of nitrogen functional groups attached to an aromatic ring is 1. The minimum absolute atomic E-state index is 0.359. The molecular formula is C17H12B2N5O. The van der Waals surface area contributed by atoms with E-state index in [4.69, 9.17) is 18.2 Å². The molecule has 0 aliphatic heterocycles. The molecule has 117 valence electrons. The zero-order valence-electron chi connectivity index (χ0n) is 13.2. The molecule has 2 aromatic carbocycles. The van der Waals surface area contributed by atoms with Gasteiger partial charge in [-0.2, -0.15) is 5.10 Å². The Morgan fingerprint density at radius 3 is 2.40 bits per heavy atom. The van der Waals surface area contributed by atoms with Gasteiger partial charge in [-0.25, -0.2) is 9.97 Å². The van der Waals surface area contributed by atoms with Crippen molar-refractivity contribution in [3.05, 3.63) is 60.9 Å². The molecule has 2 heterocycles. The fourth-order valence-corrected chi connectivity index (χ4v) is 2.61. The number of hydrogen-bond acceptors (Lipinski definition) is 5. The minimum atomic E-state index is 0.359. The molecule has 0 saturated carbocycles. The normalized spacial score (nSPS) is 10.7. The lowest BCUT2D eigenvalue weighted by Gasteiger charge is -2.06. The standard InChI is InChI=1S/C17H12B2N5O/c18-19-24-17-14(16(20)21-10-22-17)15(23-24)11-6-8-13(9-7-11)25-12-4-2-1-3-5-12/h1-10H,(H2,20,21,22). The summed E-state index contributed by atoms with van der Waals surface area (Å²) < 4.78 is 7.29. The van der Waals surface area contributed by atoms with Crippen LogP contribution in [-0.2, 0) is 0 Å². The Morgan fingerprint density at radius 2 is 1.68 bits per heavy atom. The summed E-state index contributed by atoms with van der Waals surface area (Å²) >= 11 is 0. The van der Waals surface area contributed by atoms with Crippen molar-refractivity contribution in [1.82, 2.24) is 19.7 Å². The Kier molecular flexibility index (Phi) is 3.85. The molecule has 6 nitrogen and oxygen atoms in total. The molecule has 4 rings (SSSR count). The van der Waals surface area contributed by atoms with Gasteiger partial charge in [0.1, 0.15) is 35.0 Å². The molecule has 0 aliphatic rings. The second kappa shape index (κ2) is 6.32. The third kappa shape index (κ3) is 2.82. The van der Waals surface area contributed by atoms with Crippen LogP contribution >= 0.6 is 0 Å². The number of ether oxygens (including phenoxy) is 1. The van der Waals surface area contributed by atoms with Gasteiger partial charge in [0, 0.05) is 13.3 Å². The van der Waals surface area contributed by atoms with Crippen molar-refractivity contribution in [2.24, 2.45) is 0 Å². The molecule has 0 amide bonds. The quantitative estimate of drug-likeness (QED) is 0.583. The molecule has 0 aliphatic carbocycles. The maximum atomic E-state index is 6.01. The Labute approximate surface area is 146 Å². The monoisotopic (exact) mass is 324 g/mol. The van der Waals surface area contributed by atoms with E-state index in [0.717, 1.165) is 17.1 Å². The van der Waals surface area contributed by atoms with Gasteiger partial charge in [0.05, 0.1) is 5.39 Å². The number of nitrogens with zero attached hydrogens (tertiary/aromatic N) is 4. The Hall–Kier alpha value is -3.28. The highest BCUT2D eigenvalue weighted by molar-refractivity contribution is 6.88. The molecule has 25 heavy (non-hydrogen) atoms. The SMILES string of the molecule is [B][B]n1nc(-c2ccc(Oc3ccccc3)cc2)c2c(N)ncnc21. The van der Waals surface area contributed by atoms with Crippen LogP contribution in [0.15, 0.2) is 60.9 Å². The number of anilines is 1. The minimum Gasteiger partial charge on any atom is -0.457 e. The van der Waals surface area contributed by atoms with Crippen LogP contribution in [0.4, 0.5) is 5.82 Å². The molecule has 2 N–H and O–H groups in total. The predicted octanol–water partition coefficient (Wildman–Crippen LogP) is 2.42. The molecule has 0 bridgehead atoms. The maximum absolute atomic E-state index is 6.01. The van der Waals surface area contributed by atoms with Crippen LogP contribution < -0.4 is 10.5 Å². The lowest BCUT2D eigenvalue weighted by atomic mass is 9.67. The van der Waals surface area contributed by atoms with Gasteiger partial charge in [-0.1, -0.05) is 18.2 Å². The largest absolute Gasteiger partial charge is 0.457 e. The molecule has 0 fully saturated rings. The number of benzene rings is 2. The molecule has 2 aromatic heterocycles. The number of para-hydroxylation sites is 1. The average molecular weight is 324 g/mol. The zero-order chi connectivity index (χ0) is 17.2. The Morgan fingerprint density at radius 1 is 0.960 bits per heavy atom. The summed E-state index contributed by atoms with van der Waals surface area (Å²) in [7, 11) is 6.96. The Bertz CT molecular complexity index is 1020. The first-order valence-electron chi connectivity index (χ1n) is 7.63. The first-order chi connectivity index (χ1) is 12.3. The second-order valence-electron chi connectivity index (χ2n) is 5.34. The van der Waals surface area contributed by atoms with Crippen LogP contribution in [0.25, 0.3) is 22.3 Å². The third-order valence-corrected chi connectivity index (χ3v) is 3.77. The van der Waals surface area contributed by atoms with Gasteiger partial charge < -0.3 is 15.1 Å². The third-order valence-electron chi connectivity index (χ3n) is 3.77. The van der Waals surface area contributed by atoms with E-state index in [9.17, 15) is 0 Å². The lowest BCUT2D eigenvalue weighted by Crippen LogP contribution is -2.08. The summed E-state index contributed by atoms with van der Waals surface area (Å²) in [5.41, 5.74) is 8.11. The van der Waals surface area contributed by atoms with Crippen molar-refractivity contribution in [3.63, 3.8) is 0 Å². The summed E-state index contributed by atoms with van der Waals surface area (Å²) in [5.74, 6) is 1.87. The zero-order valence-corrected chi connectivity index (χ0v) is 13.2. The van der Waals surface area contributed by atoms with Crippen LogP contribution in [0.5, 0.6) is 11.5 Å². The van der Waals surface area contributed by atoms with E-state index in [1.807, 2.05) is 54.6 Å². The van der Waals surface area contributed by atoms with E-state index in [-0.39, 0.29) is 0 Å². The fraction of sp³-hybridized carbons (Fsp3) is 0. The summed E-state index contributed by atoms with van der Waals surface area (Å²) in [6.07, 6.45) is 1.39. The van der Waals surface area contributed by atoms with Crippen molar-refractivity contribution in [2.45, 2.75) is 0 Å². The van der Waals surface area contributed by atoms with E-state index < -0.39 is 0 Å². The van der Waals surface area contributed by atoms with Gasteiger partial charge in [0.2, 0.25) is 7.31 Å². The summed E-state index contributed by atoms with van der Waals surface area (Å²) in [6, 6.07) is 17.2. The van der Waals surface area contributed by atoms with Crippen molar-refractivity contribution < 1.29 is 4.74 Å². The van der Waals surface area contributed by atoms with E-state index >= 15 is 0 Å². The topological polar surface area (TPSA) is 78.9 Å². The van der Waals surface area contributed by atoms with Crippen molar-refractivity contribution >= 4 is 31.9 Å². The van der Waals surface area contributed by atoms with Gasteiger partial charge in [0.25, 0.3) is 0 Å². The van der Waals surface area contributed by atoms with E-state index in [1.54, 1.807) is 0 Å². The van der Waals surface area contributed by atoms with Crippen LogP contribution in [0, 0.1) is 0 Å². The first-order valence-corrected chi connectivity index (χ1v) is 7.63. The first kappa shape index (κ1) is 15.3. The molecule has 0 atom stereocenters. The van der Waals surface area contributed by atoms with Crippen LogP contribution in [0.3, 0.4) is 0 Å². The summed E-state index contributed by atoms with van der Waals surface area (Å²) in [6.45, 7) is 0. The van der Waals surface area contributed by atoms with E-state index in [1.165, 1.54) is 18.2 Å². The van der Waals surface area contributed by atoms with E-state index in [2.05, 4.69) is 15.1 Å². The maximum Gasteiger partial charge on any atom is 0.221 e. The molecule has 3 radical (unpaired) electrons. The summed E-state index contributed by atoms with van der Waals surface area (Å²) in [4.78, 5) is 8.25. The lowest BCUT2D eigenvalue weighted by molar-refractivity contribution is 0.483. The second-order valence-corrected chi connectivity index (χ2v) is 5.34. The fourth-order valence-electron chi connectivity index (χ4n) is 2.61. The molecule has 0 saturated heterocycles. The van der Waals surface area contributed by atoms with Crippen molar-refractivity contribution in [3.8, 4) is 22.8 Å². The predicted molar refractivity (Wildman–Crippen MR) is 98.6 cm³/mol. The van der Waals surface area contributed by atoms with Gasteiger partial charge in [-0.05, 0) is 36.4 Å². The number of hydrogen-bond donors (Lipinski definition) is 1. The Balaban J connectivity index is 1.72. The van der Waals surface area contributed by atoms with Crippen molar-refractivity contribution in [2.75, 3.05) is 5.73 Å². The molecule has 8 heteroatoms. The molecule has 0 unspecified atom stereocenters.